The van der Waals surface area contributed by atoms with Crippen LogP contribution in [0.2, 0.25) is 0 Å². The minimum Gasteiger partial charge on any atom is -0.508 e. The smallest absolute Gasteiger partial charge is 0.191 e. The highest BCUT2D eigenvalue weighted by atomic mass is 16.5. The molecule has 140 valence electrons. The van der Waals surface area contributed by atoms with E-state index in [4.69, 9.17) is 4.74 Å². The van der Waals surface area contributed by atoms with Gasteiger partial charge >= 0.3 is 0 Å². The molecule has 5 heteroatoms. The van der Waals surface area contributed by atoms with Crippen molar-refractivity contribution in [2.75, 3.05) is 12.4 Å². The Bertz CT molecular complexity index is 1120. The molecule has 0 saturated heterocycles. The van der Waals surface area contributed by atoms with Gasteiger partial charge in [-0.1, -0.05) is 36.4 Å². The highest BCUT2D eigenvalue weighted by Gasteiger charge is 2.24. The Morgan fingerprint density at radius 1 is 1.04 bits per heavy atom. The first-order chi connectivity index (χ1) is 13.7. The lowest BCUT2D eigenvalue weighted by Crippen LogP contribution is -2.21. The third-order valence-electron chi connectivity index (χ3n) is 4.71. The Morgan fingerprint density at radius 2 is 1.86 bits per heavy atom. The summed E-state index contributed by atoms with van der Waals surface area (Å²) in [4.78, 5) is 16.6. The average molecular weight is 372 g/mol. The maximum Gasteiger partial charge on any atom is 0.191 e. The zero-order valence-corrected chi connectivity index (χ0v) is 15.3. The first kappa shape index (κ1) is 17.7. The van der Waals surface area contributed by atoms with Gasteiger partial charge in [0.15, 0.2) is 5.78 Å². The number of ether oxygens (including phenoxy) is 1. The number of rotatable bonds is 6. The number of fused-ring (bicyclic) bond motifs is 1. The fraction of sp³-hybridized carbons (Fsp3) is 0.0870. The van der Waals surface area contributed by atoms with E-state index in [1.54, 1.807) is 31.5 Å². The van der Waals surface area contributed by atoms with Crippen molar-refractivity contribution in [1.82, 2.24) is 4.98 Å². The van der Waals surface area contributed by atoms with Crippen LogP contribution in [0.5, 0.6) is 11.5 Å². The molecular weight excluding hydrogens is 352 g/mol. The minimum atomic E-state index is -0.568. The molecule has 3 N–H and O–H groups in total. The predicted octanol–water partition coefficient (Wildman–Crippen LogP) is 4.92. The van der Waals surface area contributed by atoms with Gasteiger partial charge in [-0.2, -0.15) is 0 Å². The number of carbonyl (C=O) groups is 1. The van der Waals surface area contributed by atoms with Crippen LogP contribution in [0.1, 0.15) is 22.0 Å². The molecule has 0 aliphatic heterocycles. The second-order valence-corrected chi connectivity index (χ2v) is 6.52. The standard InChI is InChI=1S/C23H20N2O3/c1-28-18-9-5-8-16(12-18)25-22(15-6-3-2-4-7-15)23(27)20-14-24-21-13-17(26)10-11-19(20)21/h2-14,22,24-26H,1H3. The molecule has 0 amide bonds. The van der Waals surface area contributed by atoms with E-state index in [0.717, 1.165) is 22.2 Å². The van der Waals surface area contributed by atoms with E-state index in [0.29, 0.717) is 11.3 Å². The molecule has 0 radical (unpaired) electrons. The lowest BCUT2D eigenvalue weighted by Gasteiger charge is -2.19. The fourth-order valence-corrected chi connectivity index (χ4v) is 3.30. The topological polar surface area (TPSA) is 74.3 Å². The van der Waals surface area contributed by atoms with Gasteiger partial charge in [-0.05, 0) is 29.8 Å². The normalized spacial score (nSPS) is 11.9. The number of phenols is 1. The minimum absolute atomic E-state index is 0.0639. The first-order valence-corrected chi connectivity index (χ1v) is 8.95. The van der Waals surface area contributed by atoms with Crippen LogP contribution in [0, 0.1) is 0 Å². The second-order valence-electron chi connectivity index (χ2n) is 6.52. The van der Waals surface area contributed by atoms with Gasteiger partial charge in [0, 0.05) is 40.5 Å². The quantitative estimate of drug-likeness (QED) is 0.420. The summed E-state index contributed by atoms with van der Waals surface area (Å²) in [5.41, 5.74) is 2.94. The molecule has 4 rings (SSSR count). The Hall–Kier alpha value is -3.73. The molecule has 4 aromatic rings. The Kier molecular flexibility index (Phi) is 4.72. The van der Waals surface area contributed by atoms with E-state index >= 15 is 0 Å². The number of aromatic amines is 1. The SMILES string of the molecule is COc1cccc(NC(C(=O)c2c[nH]c3cc(O)ccc23)c2ccccc2)c1. The van der Waals surface area contributed by atoms with Gasteiger partial charge in [-0.15, -0.1) is 0 Å². The zero-order valence-electron chi connectivity index (χ0n) is 15.3. The molecule has 0 spiro atoms. The molecule has 0 bridgehead atoms. The number of H-pyrrole nitrogens is 1. The number of ketones is 1. The van der Waals surface area contributed by atoms with Crippen LogP contribution < -0.4 is 10.1 Å². The largest absolute Gasteiger partial charge is 0.508 e. The summed E-state index contributed by atoms with van der Waals surface area (Å²) in [6.07, 6.45) is 1.69. The monoisotopic (exact) mass is 372 g/mol. The number of carbonyl (C=O) groups excluding carboxylic acids is 1. The van der Waals surface area contributed by atoms with Crippen LogP contribution in [-0.4, -0.2) is 23.0 Å². The van der Waals surface area contributed by atoms with Gasteiger partial charge in [0.25, 0.3) is 0 Å². The van der Waals surface area contributed by atoms with E-state index in [1.807, 2.05) is 54.6 Å². The van der Waals surface area contributed by atoms with Crippen molar-refractivity contribution < 1.29 is 14.6 Å². The third-order valence-corrected chi connectivity index (χ3v) is 4.71. The molecule has 1 aromatic heterocycles. The first-order valence-electron chi connectivity index (χ1n) is 8.95. The van der Waals surface area contributed by atoms with Crippen molar-refractivity contribution in [2.24, 2.45) is 0 Å². The lowest BCUT2D eigenvalue weighted by molar-refractivity contribution is 0.0971. The highest BCUT2D eigenvalue weighted by molar-refractivity contribution is 6.11. The lowest BCUT2D eigenvalue weighted by atomic mass is 9.96. The van der Waals surface area contributed by atoms with Crippen LogP contribution in [0.4, 0.5) is 5.69 Å². The molecule has 28 heavy (non-hydrogen) atoms. The zero-order chi connectivity index (χ0) is 19.5. The van der Waals surface area contributed by atoms with Crippen LogP contribution >= 0.6 is 0 Å². The van der Waals surface area contributed by atoms with Crippen molar-refractivity contribution in [2.45, 2.75) is 6.04 Å². The number of phenolic OH excluding ortho intramolecular Hbond substituents is 1. The Balaban J connectivity index is 1.75. The van der Waals surface area contributed by atoms with E-state index in [2.05, 4.69) is 10.3 Å². The summed E-state index contributed by atoms with van der Waals surface area (Å²) in [7, 11) is 1.61. The third kappa shape index (κ3) is 3.42. The summed E-state index contributed by atoms with van der Waals surface area (Å²) in [5, 5.41) is 13.8. The molecule has 0 aliphatic carbocycles. The van der Waals surface area contributed by atoms with Crippen LogP contribution in [0.25, 0.3) is 10.9 Å². The van der Waals surface area contributed by atoms with Crippen molar-refractivity contribution in [3.05, 3.63) is 90.1 Å². The van der Waals surface area contributed by atoms with Gasteiger partial charge in [-0.25, -0.2) is 0 Å². The summed E-state index contributed by atoms with van der Waals surface area (Å²) in [5.74, 6) is 0.806. The molecule has 1 unspecified atom stereocenters. The molecule has 3 aromatic carbocycles. The van der Waals surface area contributed by atoms with E-state index < -0.39 is 6.04 Å². The van der Waals surface area contributed by atoms with Crippen LogP contribution in [0.15, 0.2) is 79.0 Å². The summed E-state index contributed by atoms with van der Waals surface area (Å²) >= 11 is 0. The molecule has 0 fully saturated rings. The molecule has 0 aliphatic rings. The number of hydrogen-bond donors (Lipinski definition) is 3. The number of hydrogen-bond acceptors (Lipinski definition) is 4. The maximum atomic E-state index is 13.5. The van der Waals surface area contributed by atoms with E-state index in [-0.39, 0.29) is 11.5 Å². The molecule has 1 atom stereocenters. The van der Waals surface area contributed by atoms with Gasteiger partial charge in [-0.3, -0.25) is 4.79 Å². The number of aromatic hydroxyl groups is 1. The molecule has 1 heterocycles. The van der Waals surface area contributed by atoms with Crippen molar-refractivity contribution >= 4 is 22.4 Å². The summed E-state index contributed by atoms with van der Waals surface area (Å²) < 4.78 is 5.29. The molecule has 0 saturated carbocycles. The Morgan fingerprint density at radius 3 is 2.64 bits per heavy atom. The number of methoxy groups -OCH3 is 1. The Labute approximate surface area is 162 Å². The van der Waals surface area contributed by atoms with Gasteiger partial charge < -0.3 is 20.1 Å². The summed E-state index contributed by atoms with van der Waals surface area (Å²) in [6, 6.07) is 21.5. The fourth-order valence-electron chi connectivity index (χ4n) is 3.30. The van der Waals surface area contributed by atoms with Crippen molar-refractivity contribution in [1.29, 1.82) is 0 Å². The number of aromatic nitrogens is 1. The number of Topliss-reactive ketones (excluding diaryl/α,β-unsaturated/α-hetero) is 1. The molecule has 5 nitrogen and oxygen atoms in total. The average Bonchev–Trinajstić information content (AvgIpc) is 3.15. The van der Waals surface area contributed by atoms with E-state index in [9.17, 15) is 9.90 Å². The number of benzene rings is 3. The highest BCUT2D eigenvalue weighted by Crippen LogP contribution is 2.30. The second kappa shape index (κ2) is 7.48. The van der Waals surface area contributed by atoms with Crippen LogP contribution in [-0.2, 0) is 0 Å². The summed E-state index contributed by atoms with van der Waals surface area (Å²) in [6.45, 7) is 0. The maximum absolute atomic E-state index is 13.5. The molecular formula is C23H20N2O3. The predicted molar refractivity (Wildman–Crippen MR) is 110 cm³/mol. The van der Waals surface area contributed by atoms with Crippen molar-refractivity contribution in [3.63, 3.8) is 0 Å². The van der Waals surface area contributed by atoms with Crippen molar-refractivity contribution in [3.8, 4) is 11.5 Å². The van der Waals surface area contributed by atoms with Gasteiger partial charge in [0.2, 0.25) is 0 Å². The number of anilines is 1. The number of nitrogens with one attached hydrogen (secondary N) is 2. The van der Waals surface area contributed by atoms with Gasteiger partial charge in [0.05, 0.1) is 7.11 Å². The van der Waals surface area contributed by atoms with Gasteiger partial charge in [0.1, 0.15) is 17.5 Å². The van der Waals surface area contributed by atoms with E-state index in [1.165, 1.54) is 0 Å². The van der Waals surface area contributed by atoms with Crippen LogP contribution in [0.3, 0.4) is 0 Å².